The summed E-state index contributed by atoms with van der Waals surface area (Å²) in [6.45, 7) is 4.49. The number of para-hydroxylation sites is 1. The SMILES string of the molecule is CC1CN(c2ccc(Nc3nccc(N(C(=O)O)c4ccccc4Cl)n3)cc2F)CCN1C. The molecule has 1 unspecified atom stereocenters. The molecule has 2 aromatic carbocycles. The van der Waals surface area contributed by atoms with Crippen LogP contribution in [0.25, 0.3) is 0 Å². The number of carbonyl (C=O) groups is 1. The Kier molecular flexibility index (Phi) is 6.62. The van der Waals surface area contributed by atoms with Gasteiger partial charge in [0.05, 0.1) is 16.4 Å². The molecule has 3 aromatic rings. The molecule has 1 saturated heterocycles. The smallest absolute Gasteiger partial charge is 0.417 e. The normalized spacial score (nSPS) is 16.5. The van der Waals surface area contributed by atoms with Crippen LogP contribution in [0.5, 0.6) is 0 Å². The number of carboxylic acid groups (broad SMARTS) is 1. The molecule has 1 fully saturated rings. The van der Waals surface area contributed by atoms with Crippen LogP contribution >= 0.6 is 11.6 Å². The molecule has 2 N–H and O–H groups in total. The molecule has 1 aromatic heterocycles. The summed E-state index contributed by atoms with van der Waals surface area (Å²) in [7, 11) is 2.07. The Hall–Kier alpha value is -3.43. The topological polar surface area (TPSA) is 84.8 Å². The fourth-order valence-electron chi connectivity index (χ4n) is 3.73. The van der Waals surface area contributed by atoms with Gasteiger partial charge < -0.3 is 20.2 Å². The average Bonchev–Trinajstić information content (AvgIpc) is 2.77. The summed E-state index contributed by atoms with van der Waals surface area (Å²) in [5, 5.41) is 13.0. The van der Waals surface area contributed by atoms with Gasteiger partial charge in [-0.15, -0.1) is 0 Å². The number of nitrogens with one attached hydrogen (secondary N) is 1. The van der Waals surface area contributed by atoms with Crippen molar-refractivity contribution in [1.82, 2.24) is 14.9 Å². The molecule has 1 aliphatic heterocycles. The second-order valence-corrected chi connectivity index (χ2v) is 8.28. The quantitative estimate of drug-likeness (QED) is 0.544. The number of hydrogen-bond donors (Lipinski definition) is 2. The van der Waals surface area contributed by atoms with E-state index in [0.29, 0.717) is 17.4 Å². The Morgan fingerprint density at radius 3 is 2.73 bits per heavy atom. The first-order valence-electron chi connectivity index (χ1n) is 10.5. The van der Waals surface area contributed by atoms with E-state index >= 15 is 0 Å². The Morgan fingerprint density at radius 1 is 1.24 bits per heavy atom. The van der Waals surface area contributed by atoms with Crippen molar-refractivity contribution in [3.8, 4) is 0 Å². The van der Waals surface area contributed by atoms with Gasteiger partial charge >= 0.3 is 6.09 Å². The van der Waals surface area contributed by atoms with E-state index in [2.05, 4.69) is 34.2 Å². The second-order valence-electron chi connectivity index (χ2n) is 7.87. The summed E-state index contributed by atoms with van der Waals surface area (Å²) < 4.78 is 14.9. The molecule has 0 spiro atoms. The molecule has 1 atom stereocenters. The van der Waals surface area contributed by atoms with Crippen LogP contribution < -0.4 is 15.1 Å². The first-order chi connectivity index (χ1) is 15.8. The highest BCUT2D eigenvalue weighted by Gasteiger charge is 2.23. The van der Waals surface area contributed by atoms with Crippen molar-refractivity contribution in [3.63, 3.8) is 0 Å². The Bertz CT molecular complexity index is 1160. The lowest BCUT2D eigenvalue weighted by molar-refractivity contribution is 0.204. The highest BCUT2D eigenvalue weighted by Crippen LogP contribution is 2.32. The minimum atomic E-state index is -1.25. The molecule has 10 heteroatoms. The first kappa shape index (κ1) is 22.8. The lowest BCUT2D eigenvalue weighted by atomic mass is 10.1. The summed E-state index contributed by atoms with van der Waals surface area (Å²) in [5.74, 6) is -0.112. The third kappa shape index (κ3) is 4.99. The van der Waals surface area contributed by atoms with Crippen LogP contribution in [0.15, 0.2) is 54.7 Å². The molecule has 33 heavy (non-hydrogen) atoms. The Morgan fingerprint density at radius 2 is 2.03 bits per heavy atom. The molecular weight excluding hydrogens is 447 g/mol. The number of rotatable bonds is 5. The number of likely N-dealkylation sites (N-methyl/N-ethyl adjacent to an activating group) is 1. The van der Waals surface area contributed by atoms with Gasteiger partial charge in [0.25, 0.3) is 0 Å². The van der Waals surface area contributed by atoms with Gasteiger partial charge in [-0.05, 0) is 44.3 Å². The fourth-order valence-corrected chi connectivity index (χ4v) is 3.95. The molecule has 172 valence electrons. The predicted octanol–water partition coefficient (Wildman–Crippen LogP) is 4.97. The van der Waals surface area contributed by atoms with Crippen molar-refractivity contribution < 1.29 is 14.3 Å². The zero-order valence-electron chi connectivity index (χ0n) is 18.2. The van der Waals surface area contributed by atoms with Crippen molar-refractivity contribution in [2.45, 2.75) is 13.0 Å². The van der Waals surface area contributed by atoms with Gasteiger partial charge in [0, 0.05) is 43.6 Å². The van der Waals surface area contributed by atoms with Crippen LogP contribution in [0.1, 0.15) is 6.92 Å². The predicted molar refractivity (Wildman–Crippen MR) is 128 cm³/mol. The first-order valence-corrected chi connectivity index (χ1v) is 10.8. The van der Waals surface area contributed by atoms with Crippen molar-refractivity contribution >= 4 is 46.5 Å². The lowest BCUT2D eigenvalue weighted by Crippen LogP contribution is -2.50. The molecule has 8 nitrogen and oxygen atoms in total. The second kappa shape index (κ2) is 9.60. The molecule has 0 saturated carbocycles. The summed E-state index contributed by atoms with van der Waals surface area (Å²) in [4.78, 5) is 25.6. The summed E-state index contributed by atoms with van der Waals surface area (Å²) in [6, 6.07) is 13.2. The average molecular weight is 471 g/mol. The summed E-state index contributed by atoms with van der Waals surface area (Å²) >= 11 is 6.18. The number of nitrogens with zero attached hydrogens (tertiary/aromatic N) is 5. The van der Waals surface area contributed by atoms with Gasteiger partial charge in [0.2, 0.25) is 5.95 Å². The molecule has 1 aliphatic rings. The molecule has 0 radical (unpaired) electrons. The van der Waals surface area contributed by atoms with Crippen LogP contribution in [0.2, 0.25) is 5.02 Å². The Labute approximate surface area is 196 Å². The largest absolute Gasteiger partial charge is 0.464 e. The highest BCUT2D eigenvalue weighted by atomic mass is 35.5. The van der Waals surface area contributed by atoms with Crippen LogP contribution in [0.3, 0.4) is 0 Å². The third-order valence-corrected chi connectivity index (χ3v) is 5.98. The number of benzene rings is 2. The van der Waals surface area contributed by atoms with E-state index in [-0.39, 0.29) is 28.3 Å². The highest BCUT2D eigenvalue weighted by molar-refractivity contribution is 6.34. The summed E-state index contributed by atoms with van der Waals surface area (Å²) in [6.07, 6.45) is 0.179. The maximum Gasteiger partial charge on any atom is 0.417 e. The van der Waals surface area contributed by atoms with E-state index in [0.717, 1.165) is 24.5 Å². The third-order valence-electron chi connectivity index (χ3n) is 5.66. The molecular formula is C23H24ClFN6O2. The van der Waals surface area contributed by atoms with Crippen molar-refractivity contribution in [2.24, 2.45) is 0 Å². The van der Waals surface area contributed by atoms with E-state index < -0.39 is 6.09 Å². The van der Waals surface area contributed by atoms with Gasteiger partial charge in [-0.2, -0.15) is 4.98 Å². The van der Waals surface area contributed by atoms with Gasteiger partial charge in [-0.25, -0.2) is 19.1 Å². The number of aromatic nitrogens is 2. The number of hydrogen-bond acceptors (Lipinski definition) is 6. The van der Waals surface area contributed by atoms with Crippen LogP contribution in [0, 0.1) is 5.82 Å². The zero-order valence-corrected chi connectivity index (χ0v) is 19.0. The standard InChI is InChI=1S/C23H24ClFN6O2/c1-15-14-30(12-11-29(15)2)20-8-7-16(13-18(20)25)27-22-26-10-9-21(28-22)31(23(32)33)19-6-4-3-5-17(19)24/h3-10,13,15H,11-12,14H2,1-2H3,(H,32,33)(H,26,27,28). The maximum atomic E-state index is 14.9. The number of amides is 1. The van der Waals surface area contributed by atoms with Crippen molar-refractivity contribution in [1.29, 1.82) is 0 Å². The van der Waals surface area contributed by atoms with Gasteiger partial charge in [0.1, 0.15) is 11.6 Å². The van der Waals surface area contributed by atoms with E-state index in [1.807, 2.05) is 4.90 Å². The number of anilines is 5. The monoisotopic (exact) mass is 470 g/mol. The van der Waals surface area contributed by atoms with E-state index in [1.165, 1.54) is 18.3 Å². The minimum Gasteiger partial charge on any atom is -0.464 e. The van der Waals surface area contributed by atoms with E-state index in [4.69, 9.17) is 11.6 Å². The minimum absolute atomic E-state index is 0.108. The van der Waals surface area contributed by atoms with Crippen LogP contribution in [0.4, 0.5) is 38.0 Å². The molecule has 2 heterocycles. The molecule has 4 rings (SSSR count). The lowest BCUT2D eigenvalue weighted by Gasteiger charge is -2.39. The number of halogens is 2. The molecule has 1 amide bonds. The van der Waals surface area contributed by atoms with E-state index in [9.17, 15) is 14.3 Å². The van der Waals surface area contributed by atoms with Gasteiger partial charge in [-0.1, -0.05) is 23.7 Å². The summed E-state index contributed by atoms with van der Waals surface area (Å²) in [5.41, 5.74) is 1.27. The zero-order chi connectivity index (χ0) is 23.5. The molecule has 0 bridgehead atoms. The van der Waals surface area contributed by atoms with Crippen molar-refractivity contribution in [3.05, 3.63) is 65.6 Å². The maximum absolute atomic E-state index is 14.9. The van der Waals surface area contributed by atoms with Gasteiger partial charge in [0.15, 0.2) is 0 Å². The van der Waals surface area contributed by atoms with E-state index in [1.54, 1.807) is 36.4 Å². The fraction of sp³-hybridized carbons (Fsp3) is 0.261. The van der Waals surface area contributed by atoms with Crippen molar-refractivity contribution in [2.75, 3.05) is 41.8 Å². The molecule has 0 aliphatic carbocycles. The van der Waals surface area contributed by atoms with Crippen LogP contribution in [-0.4, -0.2) is 58.8 Å². The van der Waals surface area contributed by atoms with Gasteiger partial charge in [-0.3, -0.25) is 0 Å². The number of piperazine rings is 1. The van der Waals surface area contributed by atoms with Crippen LogP contribution in [-0.2, 0) is 0 Å². The Balaban J connectivity index is 1.55.